The Bertz CT molecular complexity index is 222. The summed E-state index contributed by atoms with van der Waals surface area (Å²) >= 11 is 0. The third-order valence-electron chi connectivity index (χ3n) is 2.39. The van der Waals surface area contributed by atoms with Crippen LogP contribution in [0.2, 0.25) is 0 Å². The monoisotopic (exact) mass is 219 g/mol. The molecule has 0 amide bonds. The van der Waals surface area contributed by atoms with Crippen molar-refractivity contribution in [1.29, 1.82) is 0 Å². The fraction of sp³-hybridized carbons (Fsp3) is 0.889. The van der Waals surface area contributed by atoms with Gasteiger partial charge < -0.3 is 10.4 Å². The second kappa shape index (κ2) is 5.46. The smallest absolute Gasteiger partial charge is 0.304 e. The minimum atomic E-state index is -0.774. The molecule has 0 aromatic rings. The zero-order chi connectivity index (χ0) is 10.6. The van der Waals surface area contributed by atoms with Crippen LogP contribution < -0.4 is 5.32 Å². The maximum Gasteiger partial charge on any atom is 0.304 e. The lowest BCUT2D eigenvalue weighted by molar-refractivity contribution is -0.137. The minimum absolute atomic E-state index is 0.00374. The minimum Gasteiger partial charge on any atom is -0.481 e. The van der Waals surface area contributed by atoms with E-state index in [1.807, 2.05) is 6.92 Å². The Hall–Kier alpha value is -0.420. The number of hydrogen-bond acceptors (Lipinski definition) is 3. The summed E-state index contributed by atoms with van der Waals surface area (Å²) in [6.07, 6.45) is 1.95. The van der Waals surface area contributed by atoms with Gasteiger partial charge in [0.25, 0.3) is 0 Å². The maximum absolute atomic E-state index is 11.1. The highest BCUT2D eigenvalue weighted by Gasteiger charge is 2.19. The molecule has 0 saturated carbocycles. The number of aliphatic carboxylic acids is 1. The third kappa shape index (κ3) is 4.19. The topological polar surface area (TPSA) is 66.4 Å². The first kappa shape index (κ1) is 11.7. The predicted octanol–water partition coefficient (Wildman–Crippen LogP) is 0.350. The van der Waals surface area contributed by atoms with E-state index in [2.05, 4.69) is 5.32 Å². The standard InChI is InChI=1S/C9H17NO3S/c1-7(6-9(11)12)10-8-2-4-14(13)5-3-8/h7-8,10H,2-6H2,1H3,(H,11,12). The fourth-order valence-electron chi connectivity index (χ4n) is 1.68. The summed E-state index contributed by atoms with van der Waals surface area (Å²) in [7, 11) is -0.643. The quantitative estimate of drug-likeness (QED) is 0.716. The predicted molar refractivity (Wildman–Crippen MR) is 55.7 cm³/mol. The van der Waals surface area contributed by atoms with E-state index < -0.39 is 16.8 Å². The highest BCUT2D eigenvalue weighted by atomic mass is 32.2. The first-order valence-electron chi connectivity index (χ1n) is 4.90. The molecule has 5 heteroatoms. The van der Waals surface area contributed by atoms with Crippen LogP contribution in [0.3, 0.4) is 0 Å². The van der Waals surface area contributed by atoms with Crippen LogP contribution >= 0.6 is 0 Å². The van der Waals surface area contributed by atoms with E-state index in [-0.39, 0.29) is 12.5 Å². The molecule has 1 aliphatic rings. The summed E-state index contributed by atoms with van der Waals surface area (Å²) in [4.78, 5) is 10.4. The lowest BCUT2D eigenvalue weighted by atomic mass is 10.1. The van der Waals surface area contributed by atoms with E-state index >= 15 is 0 Å². The second-order valence-corrected chi connectivity index (χ2v) is 5.48. The van der Waals surface area contributed by atoms with Gasteiger partial charge in [-0.25, -0.2) is 0 Å². The van der Waals surface area contributed by atoms with Crippen LogP contribution in [0.4, 0.5) is 0 Å². The molecule has 0 radical (unpaired) electrons. The largest absolute Gasteiger partial charge is 0.481 e. The molecule has 4 nitrogen and oxygen atoms in total. The molecule has 1 atom stereocenters. The summed E-state index contributed by atoms with van der Waals surface area (Å²) in [5, 5.41) is 11.8. The van der Waals surface area contributed by atoms with Crippen molar-refractivity contribution in [2.24, 2.45) is 0 Å². The molecule has 2 N–H and O–H groups in total. The molecule has 0 spiro atoms. The normalized spacial score (nSPS) is 29.8. The van der Waals surface area contributed by atoms with Crippen molar-refractivity contribution in [3.63, 3.8) is 0 Å². The van der Waals surface area contributed by atoms with Crippen molar-refractivity contribution in [3.05, 3.63) is 0 Å². The SMILES string of the molecule is CC(CC(=O)O)NC1CCS(=O)CC1. The van der Waals surface area contributed by atoms with Crippen LogP contribution in [0.15, 0.2) is 0 Å². The number of carboxylic acid groups (broad SMARTS) is 1. The first-order chi connectivity index (χ1) is 6.58. The molecule has 1 saturated heterocycles. The summed E-state index contributed by atoms with van der Waals surface area (Å²) in [6.45, 7) is 1.87. The van der Waals surface area contributed by atoms with Crippen LogP contribution in [-0.2, 0) is 15.6 Å². The van der Waals surface area contributed by atoms with Gasteiger partial charge in [0.15, 0.2) is 0 Å². The summed E-state index contributed by atoms with van der Waals surface area (Å²) in [5.74, 6) is 0.721. The molecule has 0 aromatic heterocycles. The highest BCUT2D eigenvalue weighted by molar-refractivity contribution is 7.85. The fourth-order valence-corrected chi connectivity index (χ4v) is 2.98. The van der Waals surface area contributed by atoms with Gasteiger partial charge in [-0.1, -0.05) is 0 Å². The first-order valence-corrected chi connectivity index (χ1v) is 6.39. The van der Waals surface area contributed by atoms with E-state index in [4.69, 9.17) is 5.11 Å². The van der Waals surface area contributed by atoms with Crippen molar-refractivity contribution >= 4 is 16.8 Å². The second-order valence-electron chi connectivity index (χ2n) is 3.79. The Balaban J connectivity index is 2.23. The molecule has 1 fully saturated rings. The van der Waals surface area contributed by atoms with Crippen molar-refractivity contribution in [3.8, 4) is 0 Å². The molecule has 1 heterocycles. The Kier molecular flexibility index (Phi) is 4.54. The number of hydrogen-bond donors (Lipinski definition) is 2. The van der Waals surface area contributed by atoms with E-state index in [0.29, 0.717) is 6.04 Å². The Morgan fingerprint density at radius 1 is 1.57 bits per heavy atom. The van der Waals surface area contributed by atoms with E-state index in [1.165, 1.54) is 0 Å². The molecular formula is C9H17NO3S. The molecule has 82 valence electrons. The molecular weight excluding hydrogens is 202 g/mol. The van der Waals surface area contributed by atoms with Crippen LogP contribution in [0.5, 0.6) is 0 Å². The summed E-state index contributed by atoms with van der Waals surface area (Å²) < 4.78 is 11.1. The Labute approximate surface area is 86.5 Å². The van der Waals surface area contributed by atoms with Gasteiger partial charge in [-0.2, -0.15) is 0 Å². The molecule has 1 rings (SSSR count). The van der Waals surface area contributed by atoms with Gasteiger partial charge in [-0.3, -0.25) is 9.00 Å². The van der Waals surface area contributed by atoms with Crippen LogP contribution in [0.1, 0.15) is 26.2 Å². The number of nitrogens with one attached hydrogen (secondary N) is 1. The van der Waals surface area contributed by atoms with Gasteiger partial charge in [0.1, 0.15) is 0 Å². The van der Waals surface area contributed by atoms with Crippen molar-refractivity contribution in [1.82, 2.24) is 5.32 Å². The molecule has 14 heavy (non-hydrogen) atoms. The van der Waals surface area contributed by atoms with Crippen molar-refractivity contribution in [2.75, 3.05) is 11.5 Å². The average Bonchev–Trinajstić information content (AvgIpc) is 2.07. The lowest BCUT2D eigenvalue weighted by Gasteiger charge is -2.25. The zero-order valence-corrected chi connectivity index (χ0v) is 9.18. The molecule has 0 aromatic carbocycles. The van der Waals surface area contributed by atoms with Gasteiger partial charge >= 0.3 is 5.97 Å². The Morgan fingerprint density at radius 2 is 2.14 bits per heavy atom. The van der Waals surface area contributed by atoms with Gasteiger partial charge in [-0.15, -0.1) is 0 Å². The van der Waals surface area contributed by atoms with Gasteiger partial charge in [0, 0.05) is 34.4 Å². The number of carboxylic acids is 1. The van der Waals surface area contributed by atoms with E-state index in [1.54, 1.807) is 0 Å². The van der Waals surface area contributed by atoms with Gasteiger partial charge in [-0.05, 0) is 19.8 Å². The molecule has 0 bridgehead atoms. The van der Waals surface area contributed by atoms with E-state index in [9.17, 15) is 9.00 Å². The van der Waals surface area contributed by atoms with Crippen LogP contribution in [0, 0.1) is 0 Å². The van der Waals surface area contributed by atoms with Gasteiger partial charge in [0.2, 0.25) is 0 Å². The zero-order valence-electron chi connectivity index (χ0n) is 8.36. The maximum atomic E-state index is 11.1. The molecule has 1 unspecified atom stereocenters. The van der Waals surface area contributed by atoms with Crippen molar-refractivity contribution in [2.45, 2.75) is 38.3 Å². The highest BCUT2D eigenvalue weighted by Crippen LogP contribution is 2.10. The molecule has 1 aliphatic heterocycles. The van der Waals surface area contributed by atoms with Gasteiger partial charge in [0.05, 0.1) is 6.42 Å². The molecule has 0 aliphatic carbocycles. The van der Waals surface area contributed by atoms with E-state index in [0.717, 1.165) is 24.3 Å². The Morgan fingerprint density at radius 3 is 2.64 bits per heavy atom. The van der Waals surface area contributed by atoms with Crippen LogP contribution in [0.25, 0.3) is 0 Å². The number of carbonyl (C=O) groups is 1. The van der Waals surface area contributed by atoms with Crippen LogP contribution in [-0.4, -0.2) is 38.9 Å². The number of rotatable bonds is 4. The average molecular weight is 219 g/mol. The third-order valence-corrected chi connectivity index (χ3v) is 3.77. The summed E-state index contributed by atoms with van der Waals surface area (Å²) in [6, 6.07) is 0.353. The lowest BCUT2D eigenvalue weighted by Crippen LogP contribution is -2.41. The summed E-state index contributed by atoms with van der Waals surface area (Å²) in [5.41, 5.74) is 0. The van der Waals surface area contributed by atoms with Crippen molar-refractivity contribution < 1.29 is 14.1 Å².